The minimum absolute atomic E-state index is 0.0784. The van der Waals surface area contributed by atoms with Crippen LogP contribution in [-0.4, -0.2) is 71.5 Å². The molecule has 0 fully saturated rings. The zero-order valence-electron chi connectivity index (χ0n) is 23.5. The highest BCUT2D eigenvalue weighted by molar-refractivity contribution is 5.94. The molecule has 42 heavy (non-hydrogen) atoms. The molecule has 0 spiro atoms. The monoisotopic (exact) mass is 568 g/mol. The maximum atomic E-state index is 13.8. The lowest BCUT2D eigenvalue weighted by Gasteiger charge is -2.27. The molecule has 3 aromatic carbocycles. The van der Waals surface area contributed by atoms with Crippen LogP contribution in [-0.2, 0) is 11.2 Å². The quantitative estimate of drug-likeness (QED) is 0.304. The van der Waals surface area contributed by atoms with E-state index in [2.05, 4.69) is 16.0 Å². The van der Waals surface area contributed by atoms with Gasteiger partial charge in [0.2, 0.25) is 5.91 Å². The van der Waals surface area contributed by atoms with Crippen molar-refractivity contribution in [2.45, 2.75) is 19.3 Å². The van der Waals surface area contributed by atoms with Crippen LogP contribution in [0.4, 0.5) is 4.39 Å². The van der Waals surface area contributed by atoms with Gasteiger partial charge in [0.05, 0.1) is 13.2 Å². The first-order valence-corrected chi connectivity index (χ1v) is 14.0. The fraction of sp³-hybridized carbons (Fsp3) is 0.273. The standard InChI is InChI=1S/C33H33FN4O4/c1-37-13-14-38(32(39)10-5-16-41-31-9-3-2-8-29(31)34)15-17-42-30-12-11-25(28-21-35-23-36-22-28)20-27(30)19-24-6-4-7-26(18-24)33(37)40/h2-4,6-9,11-12,18,20-23H,5,10,13-17,19H2,1H3. The van der Waals surface area contributed by atoms with E-state index in [0.29, 0.717) is 43.8 Å². The van der Waals surface area contributed by atoms with Gasteiger partial charge in [-0.3, -0.25) is 9.59 Å². The van der Waals surface area contributed by atoms with Gasteiger partial charge in [0.15, 0.2) is 11.6 Å². The van der Waals surface area contributed by atoms with Crippen molar-refractivity contribution in [2.24, 2.45) is 0 Å². The van der Waals surface area contributed by atoms with Gasteiger partial charge < -0.3 is 19.3 Å². The summed E-state index contributed by atoms with van der Waals surface area (Å²) < 4.78 is 25.6. The third kappa shape index (κ3) is 7.28. The van der Waals surface area contributed by atoms with Crippen LogP contribution in [0.25, 0.3) is 11.1 Å². The van der Waals surface area contributed by atoms with E-state index >= 15 is 0 Å². The molecular weight excluding hydrogens is 535 g/mol. The number of amides is 2. The van der Waals surface area contributed by atoms with Gasteiger partial charge in [-0.25, -0.2) is 14.4 Å². The summed E-state index contributed by atoms with van der Waals surface area (Å²) in [5.74, 6) is 0.268. The number of likely N-dealkylation sites (N-methyl/N-ethyl adjacent to an activating group) is 1. The first-order chi connectivity index (χ1) is 20.5. The van der Waals surface area contributed by atoms with Crippen LogP contribution in [0.3, 0.4) is 0 Å². The molecular formula is C33H33FN4O4. The molecule has 0 aliphatic carbocycles. The van der Waals surface area contributed by atoms with Crippen LogP contribution in [0.2, 0.25) is 0 Å². The fourth-order valence-corrected chi connectivity index (χ4v) is 4.87. The van der Waals surface area contributed by atoms with Crippen molar-refractivity contribution < 1.29 is 23.5 Å². The van der Waals surface area contributed by atoms with E-state index in [4.69, 9.17) is 9.47 Å². The first kappa shape index (κ1) is 28.7. The molecule has 1 aliphatic heterocycles. The molecule has 0 saturated carbocycles. The highest BCUT2D eigenvalue weighted by Crippen LogP contribution is 2.29. The molecule has 1 aliphatic rings. The molecule has 2 amide bonds. The molecule has 216 valence electrons. The van der Waals surface area contributed by atoms with E-state index in [1.165, 1.54) is 12.4 Å². The van der Waals surface area contributed by atoms with E-state index in [0.717, 1.165) is 22.3 Å². The number of para-hydroxylation sites is 1. The second-order valence-electron chi connectivity index (χ2n) is 10.2. The topological polar surface area (TPSA) is 84.9 Å². The number of aromatic nitrogens is 2. The number of benzene rings is 3. The molecule has 2 bridgehead atoms. The summed E-state index contributed by atoms with van der Waals surface area (Å²) in [4.78, 5) is 38.1. The van der Waals surface area contributed by atoms with Crippen molar-refractivity contribution in [3.05, 3.63) is 108 Å². The molecule has 0 N–H and O–H groups in total. The molecule has 0 radical (unpaired) electrons. The Hall–Kier alpha value is -4.79. The van der Waals surface area contributed by atoms with Crippen LogP contribution in [0, 0.1) is 5.82 Å². The van der Waals surface area contributed by atoms with E-state index in [1.54, 1.807) is 47.4 Å². The normalized spacial score (nSPS) is 14.0. The van der Waals surface area contributed by atoms with E-state index in [9.17, 15) is 14.0 Å². The number of hydrogen-bond donors (Lipinski definition) is 0. The molecule has 2 heterocycles. The highest BCUT2D eigenvalue weighted by Gasteiger charge is 2.19. The summed E-state index contributed by atoms with van der Waals surface area (Å²) in [6, 6.07) is 19.8. The third-order valence-electron chi connectivity index (χ3n) is 7.18. The van der Waals surface area contributed by atoms with E-state index < -0.39 is 5.82 Å². The minimum atomic E-state index is -0.432. The smallest absolute Gasteiger partial charge is 0.253 e. The van der Waals surface area contributed by atoms with Crippen LogP contribution in [0.15, 0.2) is 85.5 Å². The largest absolute Gasteiger partial charge is 0.491 e. The summed E-state index contributed by atoms with van der Waals surface area (Å²) in [5.41, 5.74) is 4.38. The van der Waals surface area contributed by atoms with Gasteiger partial charge in [0, 0.05) is 56.5 Å². The number of carbonyl (C=O) groups is 2. The molecule has 0 unspecified atom stereocenters. The first-order valence-electron chi connectivity index (χ1n) is 14.0. The number of rotatable bonds is 6. The average Bonchev–Trinajstić information content (AvgIpc) is 3.02. The second kappa shape index (κ2) is 13.7. The number of hydrogen-bond acceptors (Lipinski definition) is 6. The van der Waals surface area contributed by atoms with Crippen LogP contribution in [0.1, 0.15) is 34.3 Å². The Bertz CT molecular complexity index is 1530. The van der Waals surface area contributed by atoms with Gasteiger partial charge in [-0.15, -0.1) is 0 Å². The number of carbonyl (C=O) groups excluding carboxylic acids is 2. The van der Waals surface area contributed by atoms with Crippen LogP contribution < -0.4 is 9.47 Å². The number of halogens is 1. The van der Waals surface area contributed by atoms with Gasteiger partial charge in [-0.2, -0.15) is 0 Å². The number of fused-ring (bicyclic) bond motifs is 3. The lowest BCUT2D eigenvalue weighted by molar-refractivity contribution is -0.132. The van der Waals surface area contributed by atoms with Crippen LogP contribution >= 0.6 is 0 Å². The average molecular weight is 569 g/mol. The Morgan fingerprint density at radius 2 is 1.79 bits per heavy atom. The van der Waals surface area contributed by atoms with Gasteiger partial charge >= 0.3 is 0 Å². The predicted molar refractivity (Wildman–Crippen MR) is 157 cm³/mol. The Balaban J connectivity index is 1.33. The van der Waals surface area contributed by atoms with Crippen molar-refractivity contribution in [3.8, 4) is 22.6 Å². The summed E-state index contributed by atoms with van der Waals surface area (Å²) >= 11 is 0. The van der Waals surface area contributed by atoms with Gasteiger partial charge in [0.1, 0.15) is 18.7 Å². The lowest BCUT2D eigenvalue weighted by atomic mass is 9.98. The Morgan fingerprint density at radius 3 is 2.62 bits per heavy atom. The van der Waals surface area contributed by atoms with Crippen molar-refractivity contribution in [1.29, 1.82) is 0 Å². The molecule has 8 nitrogen and oxygen atoms in total. The Morgan fingerprint density at radius 1 is 0.952 bits per heavy atom. The van der Waals surface area contributed by atoms with Crippen LogP contribution in [0.5, 0.6) is 11.5 Å². The Labute approximate surface area is 244 Å². The van der Waals surface area contributed by atoms with Crippen molar-refractivity contribution in [2.75, 3.05) is 39.9 Å². The number of nitrogens with zero attached hydrogens (tertiary/aromatic N) is 4. The SMILES string of the molecule is CN1CCN(C(=O)CCCOc2ccccc2F)CCOc2ccc(-c3cncnc3)cc2Cc2cccc(c2)C1=O. The van der Waals surface area contributed by atoms with E-state index in [-0.39, 0.29) is 37.2 Å². The van der Waals surface area contributed by atoms with Crippen molar-refractivity contribution in [3.63, 3.8) is 0 Å². The summed E-state index contributed by atoms with van der Waals surface area (Å²) in [6.07, 6.45) is 6.24. The van der Waals surface area contributed by atoms with Crippen molar-refractivity contribution >= 4 is 11.8 Å². The van der Waals surface area contributed by atoms with E-state index in [1.807, 2.05) is 36.4 Å². The lowest BCUT2D eigenvalue weighted by Crippen LogP contribution is -2.41. The maximum absolute atomic E-state index is 13.8. The van der Waals surface area contributed by atoms with Gasteiger partial charge in [-0.1, -0.05) is 30.3 Å². The third-order valence-corrected chi connectivity index (χ3v) is 7.18. The summed E-state index contributed by atoms with van der Waals surface area (Å²) in [6.45, 7) is 1.59. The number of ether oxygens (including phenoxy) is 2. The molecule has 9 heteroatoms. The summed E-state index contributed by atoms with van der Waals surface area (Å²) in [7, 11) is 1.74. The predicted octanol–water partition coefficient (Wildman–Crippen LogP) is 5.03. The minimum Gasteiger partial charge on any atom is -0.491 e. The fourth-order valence-electron chi connectivity index (χ4n) is 4.87. The molecule has 4 aromatic rings. The molecule has 0 saturated heterocycles. The molecule has 1 aromatic heterocycles. The Kier molecular flexibility index (Phi) is 9.38. The molecule has 5 rings (SSSR count). The van der Waals surface area contributed by atoms with Gasteiger partial charge in [0.25, 0.3) is 5.91 Å². The highest BCUT2D eigenvalue weighted by atomic mass is 19.1. The zero-order chi connectivity index (χ0) is 29.3. The van der Waals surface area contributed by atoms with Gasteiger partial charge in [-0.05, 0) is 59.5 Å². The second-order valence-corrected chi connectivity index (χ2v) is 10.2. The maximum Gasteiger partial charge on any atom is 0.253 e. The summed E-state index contributed by atoms with van der Waals surface area (Å²) in [5, 5.41) is 0. The van der Waals surface area contributed by atoms with Crippen molar-refractivity contribution in [1.82, 2.24) is 19.8 Å². The molecule has 0 atom stereocenters. The zero-order valence-corrected chi connectivity index (χ0v) is 23.5.